The summed E-state index contributed by atoms with van der Waals surface area (Å²) in [6, 6.07) is 11.8. The molecule has 1 heterocycles. The Morgan fingerprint density at radius 1 is 0.971 bits per heavy atom. The van der Waals surface area contributed by atoms with Gasteiger partial charge in [0.25, 0.3) is 0 Å². The van der Waals surface area contributed by atoms with Crippen LogP contribution in [0, 0.1) is 5.92 Å². The summed E-state index contributed by atoms with van der Waals surface area (Å²) in [5.41, 5.74) is 1.74. The fraction of sp³-hybridized carbons (Fsp3) is 0.400. The minimum Gasteiger partial charge on any atom is -0.549 e. The van der Waals surface area contributed by atoms with E-state index in [1.54, 1.807) is 6.26 Å². The molecule has 3 aromatic rings. The Labute approximate surface area is 243 Å². The van der Waals surface area contributed by atoms with Crippen molar-refractivity contribution in [2.24, 2.45) is 5.92 Å². The quantitative estimate of drug-likeness (QED) is 0.170. The molecule has 7 nitrogen and oxygen atoms in total. The van der Waals surface area contributed by atoms with Crippen LogP contribution in [0.25, 0.3) is 22.2 Å². The van der Waals surface area contributed by atoms with E-state index in [-0.39, 0.29) is 71.0 Å². The second kappa shape index (κ2) is 13.7. The smallest absolute Gasteiger partial charge is 0.549 e. The van der Waals surface area contributed by atoms with Gasteiger partial charge in [-0.2, -0.15) is 0 Å². The molecule has 0 atom stereocenters. The van der Waals surface area contributed by atoms with Crippen molar-refractivity contribution in [1.29, 1.82) is 0 Å². The fourth-order valence-electron chi connectivity index (χ4n) is 3.35. The molecule has 0 N–H and O–H groups in total. The van der Waals surface area contributed by atoms with E-state index < -0.39 is 17.9 Å². The first kappa shape index (κ1) is 30.7. The first-order valence-electron chi connectivity index (χ1n) is 10.7. The topological polar surface area (TPSA) is 116 Å². The molecular weight excluding hydrogens is 456 g/mol. The summed E-state index contributed by atoms with van der Waals surface area (Å²) in [6.45, 7) is 6.73. The van der Waals surface area contributed by atoms with Gasteiger partial charge >= 0.3 is 59.1 Å². The number of nitrogens with zero attached hydrogens (tertiary/aromatic N) is 1. The van der Waals surface area contributed by atoms with Gasteiger partial charge < -0.3 is 29.0 Å². The molecule has 0 radical (unpaired) electrons. The molecule has 0 fully saturated rings. The van der Waals surface area contributed by atoms with Crippen LogP contribution in [-0.4, -0.2) is 23.5 Å². The molecule has 1 aromatic heterocycles. The Morgan fingerprint density at radius 2 is 1.62 bits per heavy atom. The number of unbranched alkanes of at least 4 members (excludes halogenated alkanes) is 2. The van der Waals surface area contributed by atoms with Crippen molar-refractivity contribution in [3.8, 4) is 17.2 Å². The first-order valence-corrected chi connectivity index (χ1v) is 10.7. The van der Waals surface area contributed by atoms with Crippen molar-refractivity contribution in [3.63, 3.8) is 0 Å². The Bertz CT molecular complexity index is 1090. The molecule has 9 heteroatoms. The minimum absolute atomic E-state index is 0. The van der Waals surface area contributed by atoms with E-state index in [1.165, 1.54) is 0 Å². The molecule has 3 rings (SSSR count). The number of hydrogen-bond donors (Lipinski definition) is 0. The Morgan fingerprint density at radius 3 is 2.24 bits per heavy atom. The number of rotatable bonds is 10. The zero-order valence-electron chi connectivity index (χ0n) is 20.6. The number of oxazole rings is 1. The van der Waals surface area contributed by atoms with E-state index in [2.05, 4.69) is 25.8 Å². The number of carbonyl (C=O) groups excluding carboxylic acids is 2. The largest absolute Gasteiger partial charge is 1.00 e. The van der Waals surface area contributed by atoms with Crippen LogP contribution in [0.5, 0.6) is 5.75 Å². The van der Waals surface area contributed by atoms with Crippen LogP contribution in [0.3, 0.4) is 0 Å². The van der Waals surface area contributed by atoms with Gasteiger partial charge in [-0.3, -0.25) is 0 Å². The van der Waals surface area contributed by atoms with Gasteiger partial charge in [-0.1, -0.05) is 45.7 Å². The second-order valence-corrected chi connectivity index (χ2v) is 8.90. The molecule has 0 aliphatic heterocycles. The average Bonchev–Trinajstić information content (AvgIpc) is 3.23. The molecule has 0 saturated carbocycles. The summed E-state index contributed by atoms with van der Waals surface area (Å²) in [5.74, 6) is -3.43. The van der Waals surface area contributed by atoms with Gasteiger partial charge in [-0.15, -0.1) is 0 Å². The molecule has 0 bridgehead atoms. The standard InChI is InChI=1S/C25H29NO6.2Na/c1-25(2,3)21-15-32-22(26-21)18-9-8-17-14-19(11-10-16(17)13-18)31-12-6-4-5-7-20(23(27)28)24(29)30;;/h8-11,13-15,20H,4-7,12H2,1-3H3,(H,27,28)(H,29,30);;/q;2*+1/p-2. The van der Waals surface area contributed by atoms with Gasteiger partial charge in [-0.05, 0) is 47.9 Å². The molecule has 2 aromatic carbocycles. The summed E-state index contributed by atoms with van der Waals surface area (Å²) < 4.78 is 11.5. The summed E-state index contributed by atoms with van der Waals surface area (Å²) in [7, 11) is 0. The van der Waals surface area contributed by atoms with Crippen LogP contribution in [0.1, 0.15) is 52.1 Å². The Hall–Kier alpha value is -1.35. The van der Waals surface area contributed by atoms with E-state index in [4.69, 9.17) is 9.15 Å². The fourth-order valence-corrected chi connectivity index (χ4v) is 3.35. The predicted octanol–water partition coefficient (Wildman–Crippen LogP) is -3.14. The van der Waals surface area contributed by atoms with Gasteiger partial charge in [0.1, 0.15) is 12.0 Å². The number of aliphatic carboxylic acids is 2. The molecule has 170 valence electrons. The maximum absolute atomic E-state index is 10.7. The van der Waals surface area contributed by atoms with E-state index >= 15 is 0 Å². The molecule has 0 aliphatic rings. The van der Waals surface area contributed by atoms with Crippen LogP contribution in [-0.2, 0) is 15.0 Å². The molecule has 34 heavy (non-hydrogen) atoms. The van der Waals surface area contributed by atoms with Crippen LogP contribution in [0.2, 0.25) is 0 Å². The van der Waals surface area contributed by atoms with Gasteiger partial charge in [0.15, 0.2) is 0 Å². The zero-order valence-corrected chi connectivity index (χ0v) is 24.6. The van der Waals surface area contributed by atoms with E-state index in [0.29, 0.717) is 31.8 Å². The van der Waals surface area contributed by atoms with E-state index in [1.807, 2.05) is 36.4 Å². The molecule has 0 saturated heterocycles. The van der Waals surface area contributed by atoms with Crippen molar-refractivity contribution in [1.82, 2.24) is 4.98 Å². The number of carbonyl (C=O) groups is 2. The van der Waals surface area contributed by atoms with E-state index in [0.717, 1.165) is 27.8 Å². The van der Waals surface area contributed by atoms with Gasteiger partial charge in [-0.25, -0.2) is 4.98 Å². The molecule has 0 aliphatic carbocycles. The van der Waals surface area contributed by atoms with Crippen molar-refractivity contribution in [2.75, 3.05) is 6.61 Å². The van der Waals surface area contributed by atoms with Crippen molar-refractivity contribution < 1.29 is 88.1 Å². The second-order valence-electron chi connectivity index (χ2n) is 8.90. The minimum atomic E-state index is -1.60. The van der Waals surface area contributed by atoms with Gasteiger partial charge in [0, 0.05) is 16.9 Å². The molecule has 0 amide bonds. The van der Waals surface area contributed by atoms with Crippen molar-refractivity contribution >= 4 is 22.7 Å². The maximum atomic E-state index is 10.7. The van der Waals surface area contributed by atoms with Crippen LogP contribution in [0.4, 0.5) is 0 Å². The van der Waals surface area contributed by atoms with Crippen LogP contribution < -0.4 is 74.1 Å². The molecule has 0 unspecified atom stereocenters. The number of aromatic nitrogens is 1. The number of ether oxygens (including phenoxy) is 1. The Balaban J connectivity index is 0.00000289. The molecular formula is C25H27NNa2O6. The number of carboxylic acids is 2. The zero-order chi connectivity index (χ0) is 23.3. The summed E-state index contributed by atoms with van der Waals surface area (Å²) in [4.78, 5) is 26.1. The number of benzene rings is 2. The Kier molecular flexibility index (Phi) is 12.3. The maximum Gasteiger partial charge on any atom is 1.00 e. The summed E-state index contributed by atoms with van der Waals surface area (Å²) in [5, 5.41) is 23.5. The molecule has 0 spiro atoms. The van der Waals surface area contributed by atoms with Crippen LogP contribution in [0.15, 0.2) is 47.1 Å². The normalized spacial score (nSPS) is 11.1. The predicted molar refractivity (Wildman–Crippen MR) is 116 cm³/mol. The van der Waals surface area contributed by atoms with Gasteiger partial charge in [0.05, 0.1) is 24.2 Å². The number of carboxylic acid groups (broad SMARTS) is 2. The van der Waals surface area contributed by atoms with Crippen LogP contribution >= 0.6 is 0 Å². The third-order valence-corrected chi connectivity index (χ3v) is 5.31. The van der Waals surface area contributed by atoms with E-state index in [9.17, 15) is 19.8 Å². The first-order chi connectivity index (χ1) is 15.1. The number of hydrogen-bond acceptors (Lipinski definition) is 7. The number of fused-ring (bicyclic) bond motifs is 1. The van der Waals surface area contributed by atoms with Gasteiger partial charge in [0.2, 0.25) is 5.89 Å². The average molecular weight is 483 g/mol. The third-order valence-electron chi connectivity index (χ3n) is 5.31. The summed E-state index contributed by atoms with van der Waals surface area (Å²) >= 11 is 0. The third kappa shape index (κ3) is 8.40. The monoisotopic (exact) mass is 483 g/mol. The van der Waals surface area contributed by atoms with Crippen molar-refractivity contribution in [3.05, 3.63) is 48.4 Å². The summed E-state index contributed by atoms with van der Waals surface area (Å²) in [6.07, 6.45) is 3.50. The SMILES string of the molecule is CC(C)(C)c1coc(-c2ccc3cc(OCCCCCC(C(=O)[O-])C(=O)[O-])ccc3c2)n1.[Na+].[Na+]. The van der Waals surface area contributed by atoms with Crippen molar-refractivity contribution in [2.45, 2.75) is 51.9 Å².